The van der Waals surface area contributed by atoms with E-state index in [-0.39, 0.29) is 17.5 Å². The van der Waals surface area contributed by atoms with Gasteiger partial charge in [0.15, 0.2) is 5.82 Å². The van der Waals surface area contributed by atoms with Crippen LogP contribution in [0.4, 0.5) is 11.5 Å². The molecule has 0 bridgehead atoms. The first kappa shape index (κ1) is 24.9. The number of nitrogens with zero attached hydrogens (tertiary/aromatic N) is 2. The van der Waals surface area contributed by atoms with Crippen molar-refractivity contribution in [2.24, 2.45) is 0 Å². The third-order valence-corrected chi connectivity index (χ3v) is 8.45. The molecule has 3 aromatic carbocycles. The second-order valence-electron chi connectivity index (χ2n) is 8.66. The molecule has 0 saturated carbocycles. The quantitative estimate of drug-likeness (QED) is 0.292. The Morgan fingerprint density at radius 1 is 1.00 bits per heavy atom. The number of rotatable bonds is 7. The normalized spacial score (nSPS) is 15.9. The summed E-state index contributed by atoms with van der Waals surface area (Å²) in [6.45, 7) is 2.70. The highest BCUT2D eigenvalue weighted by Gasteiger charge is 2.23. The summed E-state index contributed by atoms with van der Waals surface area (Å²) in [6.07, 6.45) is 1.71. The van der Waals surface area contributed by atoms with Crippen molar-refractivity contribution < 1.29 is 13.2 Å². The predicted octanol–water partition coefficient (Wildman–Crippen LogP) is 6.11. The van der Waals surface area contributed by atoms with E-state index >= 15 is 0 Å². The monoisotopic (exact) mass is 542 g/mol. The van der Waals surface area contributed by atoms with Crippen molar-refractivity contribution in [3.63, 3.8) is 0 Å². The number of ether oxygens (including phenoxy) is 1. The summed E-state index contributed by atoms with van der Waals surface area (Å²) in [5.41, 5.74) is 2.61. The molecule has 0 unspecified atom stereocenters. The number of hydrogen-bond acceptors (Lipinski definition) is 6. The summed E-state index contributed by atoms with van der Waals surface area (Å²) in [7, 11) is -3.73. The molecule has 1 fully saturated rings. The largest absolute Gasteiger partial charge is 0.377 e. The molecule has 0 aliphatic carbocycles. The van der Waals surface area contributed by atoms with Crippen LogP contribution >= 0.6 is 23.2 Å². The van der Waals surface area contributed by atoms with Crippen LogP contribution in [-0.4, -0.2) is 37.9 Å². The zero-order valence-electron chi connectivity index (χ0n) is 19.5. The number of aryl methyl sites for hydroxylation is 1. The Bertz CT molecular complexity index is 1540. The average molecular weight is 543 g/mol. The Hall–Kier alpha value is -2.75. The fourth-order valence-electron chi connectivity index (χ4n) is 4.24. The summed E-state index contributed by atoms with van der Waals surface area (Å²) in [4.78, 5) is 0.210. The van der Waals surface area contributed by atoms with E-state index in [9.17, 15) is 8.42 Å². The van der Waals surface area contributed by atoms with Gasteiger partial charge in [-0.1, -0.05) is 59.6 Å². The van der Waals surface area contributed by atoms with Crippen molar-refractivity contribution in [1.29, 1.82) is 0 Å². The molecule has 36 heavy (non-hydrogen) atoms. The number of aromatic nitrogens is 2. The van der Waals surface area contributed by atoms with Crippen molar-refractivity contribution in [3.8, 4) is 11.3 Å². The van der Waals surface area contributed by atoms with Gasteiger partial charge >= 0.3 is 0 Å². The van der Waals surface area contributed by atoms with E-state index in [0.29, 0.717) is 39.3 Å². The maximum absolute atomic E-state index is 13.1. The highest BCUT2D eigenvalue weighted by molar-refractivity contribution is 7.89. The Kier molecular flexibility index (Phi) is 7.14. The molecule has 0 spiro atoms. The summed E-state index contributed by atoms with van der Waals surface area (Å²) >= 11 is 12.2. The molecule has 5 rings (SSSR count). The molecule has 7 nitrogen and oxygen atoms in total. The molecule has 10 heteroatoms. The fourth-order valence-corrected chi connectivity index (χ4v) is 5.88. The molecule has 1 saturated heterocycles. The van der Waals surface area contributed by atoms with E-state index in [0.717, 1.165) is 29.3 Å². The van der Waals surface area contributed by atoms with Crippen molar-refractivity contribution in [2.45, 2.75) is 30.8 Å². The lowest BCUT2D eigenvalue weighted by Gasteiger charge is -2.15. The third-order valence-electron chi connectivity index (χ3n) is 6.15. The highest BCUT2D eigenvalue weighted by atomic mass is 35.5. The number of anilines is 2. The molecule has 1 aromatic heterocycles. The Morgan fingerprint density at radius 3 is 2.56 bits per heavy atom. The van der Waals surface area contributed by atoms with E-state index in [1.54, 1.807) is 37.3 Å². The average Bonchev–Trinajstić information content (AvgIpc) is 3.40. The van der Waals surface area contributed by atoms with E-state index < -0.39 is 10.0 Å². The number of fused-ring (bicyclic) bond motifs is 1. The zero-order valence-corrected chi connectivity index (χ0v) is 21.8. The maximum atomic E-state index is 13.1. The molecule has 2 heterocycles. The minimum atomic E-state index is -3.73. The number of hydrogen-bond donors (Lipinski definition) is 2. The molecule has 1 aliphatic rings. The van der Waals surface area contributed by atoms with Crippen LogP contribution in [0.1, 0.15) is 18.4 Å². The van der Waals surface area contributed by atoms with Gasteiger partial charge in [-0.2, -0.15) is 0 Å². The molecule has 0 radical (unpaired) electrons. The Morgan fingerprint density at radius 2 is 1.81 bits per heavy atom. The Balaban J connectivity index is 1.50. The van der Waals surface area contributed by atoms with E-state index in [1.807, 2.05) is 30.3 Å². The van der Waals surface area contributed by atoms with Crippen molar-refractivity contribution >= 4 is 55.5 Å². The first-order chi connectivity index (χ1) is 17.3. The topological polar surface area (TPSA) is 93.2 Å². The summed E-state index contributed by atoms with van der Waals surface area (Å²) in [6, 6.07) is 18.2. The van der Waals surface area contributed by atoms with Crippen LogP contribution in [0.2, 0.25) is 10.0 Å². The van der Waals surface area contributed by atoms with Crippen molar-refractivity contribution in [3.05, 3.63) is 76.3 Å². The van der Waals surface area contributed by atoms with Crippen LogP contribution < -0.4 is 10.0 Å². The molecule has 2 N–H and O–H groups in total. The van der Waals surface area contributed by atoms with Gasteiger partial charge in [-0.25, -0.2) is 13.1 Å². The van der Waals surface area contributed by atoms with E-state index in [4.69, 9.17) is 27.9 Å². The third kappa shape index (κ3) is 5.19. The number of benzene rings is 3. The number of halogens is 2. The lowest BCUT2D eigenvalue weighted by molar-refractivity contribution is 0.114. The standard InChI is InChI=1S/C26H24Cl2N4O3S/c1-16-8-9-17(13-24(16)36(33,34)29-15-19-5-4-12-35-19)25-20-6-2-3-7-21(20)26(32-31-25)30-18-10-11-22(27)23(28)14-18/h2-3,6-11,13-14,19,29H,4-5,12,15H2,1H3,(H,30,32)/t19-/m0/s1. The van der Waals surface area contributed by atoms with Gasteiger partial charge in [0.1, 0.15) is 5.69 Å². The summed E-state index contributed by atoms with van der Waals surface area (Å²) < 4.78 is 34.5. The summed E-state index contributed by atoms with van der Waals surface area (Å²) in [5, 5.41) is 14.7. The lowest BCUT2D eigenvalue weighted by atomic mass is 10.0. The van der Waals surface area contributed by atoms with Gasteiger partial charge in [0.25, 0.3) is 0 Å². The van der Waals surface area contributed by atoms with Crippen LogP contribution in [0.25, 0.3) is 22.0 Å². The molecular weight excluding hydrogens is 519 g/mol. The molecular formula is C26H24Cl2N4O3S. The van der Waals surface area contributed by atoms with Crippen molar-refractivity contribution in [1.82, 2.24) is 14.9 Å². The van der Waals surface area contributed by atoms with Gasteiger partial charge in [0.2, 0.25) is 10.0 Å². The second kappa shape index (κ2) is 10.3. The SMILES string of the molecule is Cc1ccc(-c2nnc(Nc3ccc(Cl)c(Cl)c3)c3ccccc23)cc1S(=O)(=O)NC[C@@H]1CCCO1. The number of sulfonamides is 1. The molecule has 186 valence electrons. The maximum Gasteiger partial charge on any atom is 0.240 e. The molecule has 4 aromatic rings. The van der Waals surface area contributed by atoms with Gasteiger partial charge in [-0.05, 0) is 49.6 Å². The first-order valence-electron chi connectivity index (χ1n) is 11.5. The Labute approximate surface area is 219 Å². The minimum Gasteiger partial charge on any atom is -0.377 e. The van der Waals surface area contributed by atoms with Gasteiger partial charge in [0, 0.05) is 35.2 Å². The van der Waals surface area contributed by atoms with Crippen molar-refractivity contribution in [2.75, 3.05) is 18.5 Å². The highest BCUT2D eigenvalue weighted by Crippen LogP contribution is 2.34. The van der Waals surface area contributed by atoms with Crippen LogP contribution in [-0.2, 0) is 14.8 Å². The number of nitrogens with one attached hydrogen (secondary N) is 2. The van der Waals surface area contributed by atoms with Gasteiger partial charge in [0.05, 0.1) is 21.0 Å². The first-order valence-corrected chi connectivity index (χ1v) is 13.8. The van der Waals surface area contributed by atoms with E-state index in [2.05, 4.69) is 20.2 Å². The minimum absolute atomic E-state index is 0.0892. The van der Waals surface area contributed by atoms with Crippen LogP contribution in [0.3, 0.4) is 0 Å². The second-order valence-corrected chi connectivity index (χ2v) is 11.2. The fraction of sp³-hybridized carbons (Fsp3) is 0.231. The predicted molar refractivity (Wildman–Crippen MR) is 144 cm³/mol. The van der Waals surface area contributed by atoms with Crippen LogP contribution in [0.15, 0.2) is 65.6 Å². The molecule has 1 aliphatic heterocycles. The summed E-state index contributed by atoms with van der Waals surface area (Å²) in [5.74, 6) is 0.547. The molecule has 1 atom stereocenters. The lowest BCUT2D eigenvalue weighted by Crippen LogP contribution is -2.32. The van der Waals surface area contributed by atoms with E-state index in [1.165, 1.54) is 0 Å². The molecule has 0 amide bonds. The zero-order chi connectivity index (χ0) is 25.3. The van der Waals surface area contributed by atoms with Crippen LogP contribution in [0, 0.1) is 6.92 Å². The van der Waals surface area contributed by atoms with Gasteiger partial charge in [-0.3, -0.25) is 0 Å². The van der Waals surface area contributed by atoms with Gasteiger partial charge in [-0.15, -0.1) is 10.2 Å². The van der Waals surface area contributed by atoms with Gasteiger partial charge < -0.3 is 10.1 Å². The smallest absolute Gasteiger partial charge is 0.240 e. The van der Waals surface area contributed by atoms with Crippen LogP contribution in [0.5, 0.6) is 0 Å².